The highest BCUT2D eigenvalue weighted by Crippen LogP contribution is 2.26. The fourth-order valence-corrected chi connectivity index (χ4v) is 3.43. The molecule has 0 spiro atoms. The van der Waals surface area contributed by atoms with Crippen LogP contribution in [0.15, 0.2) is 24.4 Å². The van der Waals surface area contributed by atoms with Gasteiger partial charge in [-0.2, -0.15) is 0 Å². The zero-order valence-electron chi connectivity index (χ0n) is 11.3. The average molecular weight is 245 g/mol. The lowest BCUT2D eigenvalue weighted by molar-refractivity contribution is 0.0429. The lowest BCUT2D eigenvalue weighted by Crippen LogP contribution is -2.55. The summed E-state index contributed by atoms with van der Waals surface area (Å²) in [6.07, 6.45) is 5.92. The van der Waals surface area contributed by atoms with E-state index in [-0.39, 0.29) is 0 Å². The Morgan fingerprint density at radius 1 is 1.33 bits per heavy atom. The standard InChI is InChI=1S/C15H23N3/c1-2-14-11-17-9-5-7-15(17)12-18(14)10-13-6-3-4-8-16-13/h3-4,6,8,14-15H,2,5,7,9-12H2,1H3. The number of aromatic nitrogens is 1. The van der Waals surface area contributed by atoms with Crippen molar-refractivity contribution in [1.82, 2.24) is 14.8 Å². The summed E-state index contributed by atoms with van der Waals surface area (Å²) >= 11 is 0. The second-order valence-electron chi connectivity index (χ2n) is 5.60. The first-order valence-corrected chi connectivity index (χ1v) is 7.25. The summed E-state index contributed by atoms with van der Waals surface area (Å²) in [5.74, 6) is 0. The minimum atomic E-state index is 0.710. The van der Waals surface area contributed by atoms with Crippen LogP contribution in [0, 0.1) is 0 Å². The van der Waals surface area contributed by atoms with Crippen molar-refractivity contribution < 1.29 is 0 Å². The summed E-state index contributed by atoms with van der Waals surface area (Å²) in [5.41, 5.74) is 1.21. The molecule has 2 unspecified atom stereocenters. The van der Waals surface area contributed by atoms with Crippen molar-refractivity contribution in [3.63, 3.8) is 0 Å². The van der Waals surface area contributed by atoms with Crippen molar-refractivity contribution >= 4 is 0 Å². The summed E-state index contributed by atoms with van der Waals surface area (Å²) in [4.78, 5) is 9.82. The van der Waals surface area contributed by atoms with E-state index in [1.165, 1.54) is 44.6 Å². The highest BCUT2D eigenvalue weighted by Gasteiger charge is 2.35. The van der Waals surface area contributed by atoms with E-state index in [2.05, 4.69) is 33.8 Å². The minimum absolute atomic E-state index is 0.710. The summed E-state index contributed by atoms with van der Waals surface area (Å²) in [6, 6.07) is 7.75. The van der Waals surface area contributed by atoms with Crippen LogP contribution in [0.25, 0.3) is 0 Å². The summed E-state index contributed by atoms with van der Waals surface area (Å²) in [5, 5.41) is 0. The molecule has 0 saturated carbocycles. The molecule has 3 rings (SSSR count). The maximum atomic E-state index is 4.47. The number of rotatable bonds is 3. The first kappa shape index (κ1) is 12.1. The minimum Gasteiger partial charge on any atom is -0.298 e. The van der Waals surface area contributed by atoms with Crippen LogP contribution in [0.2, 0.25) is 0 Å². The molecule has 2 saturated heterocycles. The van der Waals surface area contributed by atoms with E-state index < -0.39 is 0 Å². The van der Waals surface area contributed by atoms with Crippen LogP contribution < -0.4 is 0 Å². The highest BCUT2D eigenvalue weighted by atomic mass is 15.3. The van der Waals surface area contributed by atoms with Gasteiger partial charge in [-0.3, -0.25) is 14.8 Å². The van der Waals surface area contributed by atoms with Crippen LogP contribution in [0.5, 0.6) is 0 Å². The van der Waals surface area contributed by atoms with Crippen molar-refractivity contribution in [3.05, 3.63) is 30.1 Å². The molecule has 3 heteroatoms. The Kier molecular flexibility index (Phi) is 3.62. The van der Waals surface area contributed by atoms with E-state index in [0.717, 1.165) is 12.6 Å². The first-order chi connectivity index (χ1) is 8.86. The van der Waals surface area contributed by atoms with Gasteiger partial charge in [0.2, 0.25) is 0 Å². The Balaban J connectivity index is 1.69. The molecule has 1 aromatic rings. The van der Waals surface area contributed by atoms with Crippen LogP contribution in [0.1, 0.15) is 31.9 Å². The summed E-state index contributed by atoms with van der Waals surface area (Å²) < 4.78 is 0. The molecule has 0 radical (unpaired) electrons. The SMILES string of the molecule is CCC1CN2CCCC2CN1Cc1ccccn1. The van der Waals surface area contributed by atoms with Gasteiger partial charge in [-0.05, 0) is 37.9 Å². The quantitative estimate of drug-likeness (QED) is 0.813. The maximum Gasteiger partial charge on any atom is 0.0544 e. The second kappa shape index (κ2) is 5.37. The van der Waals surface area contributed by atoms with Gasteiger partial charge >= 0.3 is 0 Å². The third-order valence-corrected chi connectivity index (χ3v) is 4.47. The van der Waals surface area contributed by atoms with E-state index >= 15 is 0 Å². The fourth-order valence-electron chi connectivity index (χ4n) is 3.43. The molecule has 2 aliphatic heterocycles. The number of nitrogens with zero attached hydrogens (tertiary/aromatic N) is 3. The first-order valence-electron chi connectivity index (χ1n) is 7.25. The lowest BCUT2D eigenvalue weighted by Gasteiger charge is -2.43. The molecule has 0 aliphatic carbocycles. The number of fused-ring (bicyclic) bond motifs is 1. The number of pyridine rings is 1. The van der Waals surface area contributed by atoms with E-state index in [9.17, 15) is 0 Å². The van der Waals surface area contributed by atoms with Gasteiger partial charge in [-0.1, -0.05) is 13.0 Å². The molecule has 0 aromatic carbocycles. The normalized spacial score (nSPS) is 29.4. The smallest absolute Gasteiger partial charge is 0.0544 e. The van der Waals surface area contributed by atoms with E-state index in [1.54, 1.807) is 0 Å². The van der Waals surface area contributed by atoms with Crippen molar-refractivity contribution in [2.45, 2.75) is 44.8 Å². The maximum absolute atomic E-state index is 4.47. The topological polar surface area (TPSA) is 19.4 Å². The van der Waals surface area contributed by atoms with Gasteiger partial charge in [0.1, 0.15) is 0 Å². The predicted molar refractivity (Wildman–Crippen MR) is 73.3 cm³/mol. The molecule has 2 atom stereocenters. The molecular formula is C15H23N3. The fraction of sp³-hybridized carbons (Fsp3) is 0.667. The molecule has 1 aromatic heterocycles. The zero-order chi connectivity index (χ0) is 12.4. The Morgan fingerprint density at radius 2 is 2.28 bits per heavy atom. The van der Waals surface area contributed by atoms with Gasteiger partial charge in [-0.15, -0.1) is 0 Å². The Bertz CT molecular complexity index is 379. The van der Waals surface area contributed by atoms with Crippen LogP contribution in [-0.2, 0) is 6.54 Å². The Hall–Kier alpha value is -0.930. The summed E-state index contributed by atoms with van der Waals surface area (Å²) in [7, 11) is 0. The number of hydrogen-bond donors (Lipinski definition) is 0. The molecule has 3 heterocycles. The second-order valence-corrected chi connectivity index (χ2v) is 5.60. The largest absolute Gasteiger partial charge is 0.298 e. The van der Waals surface area contributed by atoms with Gasteiger partial charge < -0.3 is 0 Å². The van der Waals surface area contributed by atoms with E-state index in [1.807, 2.05) is 12.3 Å². The number of hydrogen-bond acceptors (Lipinski definition) is 3. The molecule has 18 heavy (non-hydrogen) atoms. The Labute approximate surface area is 110 Å². The van der Waals surface area contributed by atoms with Crippen molar-refractivity contribution in [3.8, 4) is 0 Å². The number of piperazine rings is 1. The molecule has 98 valence electrons. The molecule has 0 N–H and O–H groups in total. The molecule has 0 bridgehead atoms. The summed E-state index contributed by atoms with van der Waals surface area (Å²) in [6.45, 7) is 7.14. The third kappa shape index (κ3) is 2.43. The van der Waals surface area contributed by atoms with Gasteiger partial charge in [0.25, 0.3) is 0 Å². The van der Waals surface area contributed by atoms with Crippen molar-refractivity contribution in [1.29, 1.82) is 0 Å². The van der Waals surface area contributed by atoms with Gasteiger partial charge in [0, 0.05) is 37.9 Å². The van der Waals surface area contributed by atoms with Crippen LogP contribution in [-0.4, -0.2) is 46.5 Å². The van der Waals surface area contributed by atoms with Gasteiger partial charge in [0.05, 0.1) is 5.69 Å². The van der Waals surface area contributed by atoms with Gasteiger partial charge in [-0.25, -0.2) is 0 Å². The van der Waals surface area contributed by atoms with E-state index in [4.69, 9.17) is 0 Å². The third-order valence-electron chi connectivity index (χ3n) is 4.47. The van der Waals surface area contributed by atoms with Crippen molar-refractivity contribution in [2.24, 2.45) is 0 Å². The van der Waals surface area contributed by atoms with Crippen molar-refractivity contribution in [2.75, 3.05) is 19.6 Å². The lowest BCUT2D eigenvalue weighted by atomic mass is 10.0. The van der Waals surface area contributed by atoms with Crippen LogP contribution >= 0.6 is 0 Å². The molecule has 0 amide bonds. The Morgan fingerprint density at radius 3 is 3.06 bits per heavy atom. The molecule has 2 aliphatic rings. The zero-order valence-corrected chi connectivity index (χ0v) is 11.3. The van der Waals surface area contributed by atoms with Crippen LogP contribution in [0.3, 0.4) is 0 Å². The highest BCUT2D eigenvalue weighted by molar-refractivity contribution is 5.04. The molecule has 2 fully saturated rings. The average Bonchev–Trinajstić information content (AvgIpc) is 2.86. The van der Waals surface area contributed by atoms with Gasteiger partial charge in [0.15, 0.2) is 0 Å². The molecular weight excluding hydrogens is 222 g/mol. The monoisotopic (exact) mass is 245 g/mol. The predicted octanol–water partition coefficient (Wildman–Crippen LogP) is 2.14. The van der Waals surface area contributed by atoms with Crippen LogP contribution in [0.4, 0.5) is 0 Å². The molecule has 3 nitrogen and oxygen atoms in total. The van der Waals surface area contributed by atoms with E-state index in [0.29, 0.717) is 6.04 Å².